The maximum absolute atomic E-state index is 12.5. The van der Waals surface area contributed by atoms with Gasteiger partial charge in [0.2, 0.25) is 0 Å². The molecule has 1 aromatic carbocycles. The third-order valence-electron chi connectivity index (χ3n) is 3.82. The molecule has 21 heavy (non-hydrogen) atoms. The predicted molar refractivity (Wildman–Crippen MR) is 79.5 cm³/mol. The minimum atomic E-state index is -0.0153. The molecule has 6 heteroatoms. The average molecular weight is 291 g/mol. The van der Waals surface area contributed by atoms with E-state index in [1.54, 1.807) is 31.4 Å². The van der Waals surface area contributed by atoms with Crippen molar-refractivity contribution < 1.29 is 14.7 Å². The summed E-state index contributed by atoms with van der Waals surface area (Å²) >= 11 is 0. The number of ether oxygens (including phenoxy) is 1. The van der Waals surface area contributed by atoms with E-state index in [1.807, 2.05) is 4.90 Å². The highest BCUT2D eigenvalue weighted by Gasteiger charge is 2.23. The number of likely N-dealkylation sites (tertiary alicyclic amines) is 1. The standard InChI is InChI=1S/C15H21N3O3/c1-21-10-11-5-7-18(8-6-11)15(19)13-4-2-3-12(9-13)14(16)17-20/h2-4,9,11,20H,5-8,10H2,1H3,(H2,16,17). The summed E-state index contributed by atoms with van der Waals surface area (Å²) in [4.78, 5) is 14.3. The summed E-state index contributed by atoms with van der Waals surface area (Å²) in [5, 5.41) is 11.7. The number of piperidine rings is 1. The molecule has 3 N–H and O–H groups in total. The maximum Gasteiger partial charge on any atom is 0.253 e. The first-order chi connectivity index (χ1) is 10.2. The van der Waals surface area contributed by atoms with Crippen LogP contribution in [0.15, 0.2) is 29.4 Å². The van der Waals surface area contributed by atoms with Crippen LogP contribution in [-0.4, -0.2) is 48.7 Å². The van der Waals surface area contributed by atoms with Crippen molar-refractivity contribution in [3.05, 3.63) is 35.4 Å². The zero-order valence-electron chi connectivity index (χ0n) is 12.2. The number of nitrogens with zero attached hydrogens (tertiary/aromatic N) is 2. The lowest BCUT2D eigenvalue weighted by molar-refractivity contribution is 0.0613. The highest BCUT2D eigenvalue weighted by Crippen LogP contribution is 2.19. The molecule has 0 radical (unpaired) electrons. The molecule has 6 nitrogen and oxygen atoms in total. The van der Waals surface area contributed by atoms with Gasteiger partial charge in [0.15, 0.2) is 5.84 Å². The summed E-state index contributed by atoms with van der Waals surface area (Å²) in [5.41, 5.74) is 6.65. The van der Waals surface area contributed by atoms with Crippen LogP contribution in [0, 0.1) is 5.92 Å². The Hall–Kier alpha value is -2.08. The Kier molecular flexibility index (Phi) is 5.16. The highest BCUT2D eigenvalue weighted by atomic mass is 16.5. The fourth-order valence-electron chi connectivity index (χ4n) is 2.59. The van der Waals surface area contributed by atoms with Crippen LogP contribution in [0.25, 0.3) is 0 Å². The van der Waals surface area contributed by atoms with Gasteiger partial charge in [-0.3, -0.25) is 4.79 Å². The number of carbonyl (C=O) groups is 1. The Balaban J connectivity index is 2.04. The molecule has 0 unspecified atom stereocenters. The number of methoxy groups -OCH3 is 1. The van der Waals surface area contributed by atoms with Crippen LogP contribution in [0.5, 0.6) is 0 Å². The Morgan fingerprint density at radius 2 is 2.10 bits per heavy atom. The normalized spacial score (nSPS) is 17.0. The van der Waals surface area contributed by atoms with Crippen molar-refractivity contribution in [1.82, 2.24) is 4.90 Å². The topological polar surface area (TPSA) is 88.2 Å². The maximum atomic E-state index is 12.5. The van der Waals surface area contributed by atoms with Crippen molar-refractivity contribution in [3.8, 4) is 0 Å². The van der Waals surface area contributed by atoms with Crippen molar-refractivity contribution in [1.29, 1.82) is 0 Å². The van der Waals surface area contributed by atoms with E-state index in [1.165, 1.54) is 0 Å². The van der Waals surface area contributed by atoms with Gasteiger partial charge in [0.25, 0.3) is 5.91 Å². The van der Waals surface area contributed by atoms with Gasteiger partial charge in [-0.25, -0.2) is 0 Å². The first-order valence-electron chi connectivity index (χ1n) is 7.02. The third-order valence-corrected chi connectivity index (χ3v) is 3.82. The largest absolute Gasteiger partial charge is 0.409 e. The number of oxime groups is 1. The molecule has 0 atom stereocenters. The van der Waals surface area contributed by atoms with Crippen LogP contribution in [0.1, 0.15) is 28.8 Å². The number of amides is 1. The van der Waals surface area contributed by atoms with Crippen LogP contribution >= 0.6 is 0 Å². The van der Waals surface area contributed by atoms with Gasteiger partial charge in [0.05, 0.1) is 0 Å². The van der Waals surface area contributed by atoms with E-state index in [2.05, 4.69) is 5.16 Å². The lowest BCUT2D eigenvalue weighted by Crippen LogP contribution is -2.39. The van der Waals surface area contributed by atoms with E-state index in [0.29, 0.717) is 17.0 Å². The second-order valence-electron chi connectivity index (χ2n) is 5.26. The molecule has 0 saturated carbocycles. The van der Waals surface area contributed by atoms with Gasteiger partial charge in [-0.05, 0) is 30.9 Å². The van der Waals surface area contributed by atoms with Crippen molar-refractivity contribution in [2.45, 2.75) is 12.8 Å². The number of amidine groups is 1. The average Bonchev–Trinajstić information content (AvgIpc) is 2.54. The number of benzene rings is 1. The van der Waals surface area contributed by atoms with Crippen molar-refractivity contribution >= 4 is 11.7 Å². The fourth-order valence-corrected chi connectivity index (χ4v) is 2.59. The summed E-state index contributed by atoms with van der Waals surface area (Å²) < 4.78 is 5.16. The quantitative estimate of drug-likeness (QED) is 0.378. The second-order valence-corrected chi connectivity index (χ2v) is 5.26. The molecule has 114 valence electrons. The predicted octanol–water partition coefficient (Wildman–Crippen LogP) is 1.28. The molecule has 0 aliphatic carbocycles. The van der Waals surface area contributed by atoms with Gasteiger partial charge in [-0.15, -0.1) is 0 Å². The number of nitrogens with two attached hydrogens (primary N) is 1. The monoisotopic (exact) mass is 291 g/mol. The zero-order valence-corrected chi connectivity index (χ0v) is 12.2. The molecule has 1 aliphatic heterocycles. The summed E-state index contributed by atoms with van der Waals surface area (Å²) in [6.07, 6.45) is 1.92. The molecule has 1 saturated heterocycles. The summed E-state index contributed by atoms with van der Waals surface area (Å²) in [5.74, 6) is 0.518. The van der Waals surface area contributed by atoms with E-state index < -0.39 is 0 Å². The Bertz CT molecular complexity index is 523. The number of carbonyl (C=O) groups excluding carboxylic acids is 1. The third kappa shape index (κ3) is 3.72. The van der Waals surface area contributed by atoms with Crippen LogP contribution in [0.3, 0.4) is 0 Å². The summed E-state index contributed by atoms with van der Waals surface area (Å²) in [6, 6.07) is 6.84. The van der Waals surface area contributed by atoms with Crippen molar-refractivity contribution in [2.24, 2.45) is 16.8 Å². The van der Waals surface area contributed by atoms with Gasteiger partial charge >= 0.3 is 0 Å². The minimum Gasteiger partial charge on any atom is -0.409 e. The van der Waals surface area contributed by atoms with E-state index in [9.17, 15) is 4.79 Å². The summed E-state index contributed by atoms with van der Waals surface area (Å²) in [7, 11) is 1.70. The van der Waals surface area contributed by atoms with E-state index >= 15 is 0 Å². The van der Waals surface area contributed by atoms with Gasteiger partial charge in [0, 0.05) is 37.9 Å². The fraction of sp³-hybridized carbons (Fsp3) is 0.467. The minimum absolute atomic E-state index is 0.00320. The Labute approximate surface area is 124 Å². The second kappa shape index (κ2) is 7.08. The van der Waals surface area contributed by atoms with E-state index in [-0.39, 0.29) is 11.7 Å². The van der Waals surface area contributed by atoms with Gasteiger partial charge in [-0.2, -0.15) is 0 Å². The highest BCUT2D eigenvalue weighted by molar-refractivity contribution is 6.01. The molecule has 1 amide bonds. The van der Waals surface area contributed by atoms with E-state index in [4.69, 9.17) is 15.7 Å². The Morgan fingerprint density at radius 1 is 1.43 bits per heavy atom. The van der Waals surface area contributed by atoms with Crippen LogP contribution in [0.2, 0.25) is 0 Å². The molecule has 0 bridgehead atoms. The molecule has 1 heterocycles. The molecular formula is C15H21N3O3. The molecule has 1 aliphatic rings. The van der Waals surface area contributed by atoms with E-state index in [0.717, 1.165) is 32.5 Å². The van der Waals surface area contributed by atoms with Crippen molar-refractivity contribution in [2.75, 3.05) is 26.8 Å². The van der Waals surface area contributed by atoms with Gasteiger partial charge in [-0.1, -0.05) is 17.3 Å². The zero-order chi connectivity index (χ0) is 15.2. The van der Waals surface area contributed by atoms with Gasteiger partial charge < -0.3 is 20.6 Å². The SMILES string of the molecule is COCC1CCN(C(=O)c2cccc(C(N)=NO)c2)CC1. The smallest absolute Gasteiger partial charge is 0.253 e. The van der Waals surface area contributed by atoms with Crippen molar-refractivity contribution in [3.63, 3.8) is 0 Å². The molecule has 2 rings (SSSR count). The molecular weight excluding hydrogens is 270 g/mol. The first kappa shape index (κ1) is 15.3. The lowest BCUT2D eigenvalue weighted by atomic mass is 9.97. The summed E-state index contributed by atoms with van der Waals surface area (Å²) in [6.45, 7) is 2.22. The van der Waals surface area contributed by atoms with Crippen LogP contribution in [0.4, 0.5) is 0 Å². The van der Waals surface area contributed by atoms with Gasteiger partial charge in [0.1, 0.15) is 0 Å². The molecule has 0 aromatic heterocycles. The number of hydrogen-bond donors (Lipinski definition) is 2. The molecule has 0 spiro atoms. The Morgan fingerprint density at radius 3 is 2.71 bits per heavy atom. The lowest BCUT2D eigenvalue weighted by Gasteiger charge is -2.31. The van der Waals surface area contributed by atoms with Crippen LogP contribution in [-0.2, 0) is 4.74 Å². The number of hydrogen-bond acceptors (Lipinski definition) is 4. The molecule has 1 fully saturated rings. The number of rotatable bonds is 4. The molecule has 1 aromatic rings. The first-order valence-corrected chi connectivity index (χ1v) is 7.02. The van der Waals surface area contributed by atoms with Crippen LogP contribution < -0.4 is 5.73 Å².